The monoisotopic (exact) mass is 456 g/mol. The first kappa shape index (κ1) is 14.5. The molecule has 0 amide bonds. The molecule has 1 unspecified atom stereocenters. The van der Waals surface area contributed by atoms with E-state index < -0.39 is 0 Å². The molecule has 0 aliphatic carbocycles. The van der Waals surface area contributed by atoms with Crippen LogP contribution >= 0.6 is 59.1 Å². The Morgan fingerprint density at radius 3 is 2.56 bits per heavy atom. The molecule has 2 aromatic rings. The van der Waals surface area contributed by atoms with E-state index in [0.717, 1.165) is 14.9 Å². The number of rotatable bonds is 3. The fourth-order valence-corrected chi connectivity index (χ4v) is 3.91. The zero-order chi connectivity index (χ0) is 13.3. The third-order valence-electron chi connectivity index (χ3n) is 2.43. The van der Waals surface area contributed by atoms with Gasteiger partial charge in [0.25, 0.3) is 0 Å². The average molecular weight is 459 g/mol. The number of ether oxygens (including phenoxy) is 1. The van der Waals surface area contributed by atoms with Crippen LogP contribution in [-0.4, -0.2) is 7.11 Å². The van der Waals surface area contributed by atoms with Gasteiger partial charge in [-0.3, -0.25) is 0 Å². The van der Waals surface area contributed by atoms with Crippen LogP contribution in [0.3, 0.4) is 0 Å². The maximum atomic E-state index is 13.5. The van der Waals surface area contributed by atoms with Crippen molar-refractivity contribution in [1.29, 1.82) is 0 Å². The average Bonchev–Trinajstić information content (AvgIpc) is 2.78. The van der Waals surface area contributed by atoms with Crippen LogP contribution in [0.2, 0.25) is 0 Å². The van der Waals surface area contributed by atoms with Gasteiger partial charge < -0.3 is 4.74 Å². The predicted molar refractivity (Wildman–Crippen MR) is 83.4 cm³/mol. The van der Waals surface area contributed by atoms with Gasteiger partial charge in [0, 0.05) is 11.6 Å². The molecular weight excluding hydrogens is 451 g/mol. The first-order valence-corrected chi connectivity index (χ1v) is 8.32. The second-order valence-electron chi connectivity index (χ2n) is 3.55. The van der Waals surface area contributed by atoms with Gasteiger partial charge in [-0.15, -0.1) is 11.3 Å². The largest absolute Gasteiger partial charge is 0.496 e. The van der Waals surface area contributed by atoms with Gasteiger partial charge in [-0.05, 0) is 54.9 Å². The molecule has 18 heavy (non-hydrogen) atoms. The van der Waals surface area contributed by atoms with Crippen molar-refractivity contribution in [3.8, 4) is 5.75 Å². The molecule has 0 aliphatic rings. The standard InChI is InChI=1S/C12H8Br3FOS/c1-17-10-4-9(16)8(13)3-7(10)12(15)6-2-11(14)18-5-6/h2-5,12H,1H3. The molecule has 2 rings (SSSR count). The van der Waals surface area contributed by atoms with Crippen LogP contribution in [0.5, 0.6) is 5.75 Å². The van der Waals surface area contributed by atoms with Crippen molar-refractivity contribution in [2.45, 2.75) is 4.83 Å². The highest BCUT2D eigenvalue weighted by Gasteiger charge is 2.18. The van der Waals surface area contributed by atoms with Crippen molar-refractivity contribution in [3.05, 3.63) is 48.8 Å². The molecular formula is C12H8Br3FOS. The molecule has 96 valence electrons. The fraction of sp³-hybridized carbons (Fsp3) is 0.167. The Labute approximate surface area is 134 Å². The van der Waals surface area contributed by atoms with Crippen molar-refractivity contribution in [2.24, 2.45) is 0 Å². The zero-order valence-corrected chi connectivity index (χ0v) is 14.8. The molecule has 1 heterocycles. The summed E-state index contributed by atoms with van der Waals surface area (Å²) in [7, 11) is 1.54. The van der Waals surface area contributed by atoms with Gasteiger partial charge >= 0.3 is 0 Å². The molecule has 0 N–H and O–H groups in total. The van der Waals surface area contributed by atoms with Crippen molar-refractivity contribution < 1.29 is 9.13 Å². The molecule has 0 radical (unpaired) electrons. The summed E-state index contributed by atoms with van der Waals surface area (Å²) in [6.07, 6.45) is 0. The SMILES string of the molecule is COc1cc(F)c(Br)cc1C(Br)c1csc(Br)c1. The summed E-state index contributed by atoms with van der Waals surface area (Å²) in [6, 6.07) is 5.15. The number of hydrogen-bond donors (Lipinski definition) is 0. The summed E-state index contributed by atoms with van der Waals surface area (Å²) in [5.41, 5.74) is 1.99. The first-order chi connectivity index (χ1) is 8.52. The summed E-state index contributed by atoms with van der Waals surface area (Å²) in [6.45, 7) is 0. The highest BCUT2D eigenvalue weighted by molar-refractivity contribution is 9.11. The Balaban J connectivity index is 2.46. The van der Waals surface area contributed by atoms with E-state index in [1.165, 1.54) is 13.2 Å². The van der Waals surface area contributed by atoms with E-state index >= 15 is 0 Å². The van der Waals surface area contributed by atoms with Gasteiger partial charge in [-0.1, -0.05) is 15.9 Å². The lowest BCUT2D eigenvalue weighted by atomic mass is 10.1. The van der Waals surface area contributed by atoms with E-state index in [-0.39, 0.29) is 10.6 Å². The Kier molecular flexibility index (Phi) is 4.86. The normalized spacial score (nSPS) is 12.5. The summed E-state index contributed by atoms with van der Waals surface area (Å²) in [5.74, 6) is 0.196. The molecule has 0 aliphatic heterocycles. The number of hydrogen-bond acceptors (Lipinski definition) is 2. The first-order valence-electron chi connectivity index (χ1n) is 4.94. The smallest absolute Gasteiger partial charge is 0.141 e. The Bertz CT molecular complexity index is 570. The van der Waals surface area contributed by atoms with Gasteiger partial charge in [0.15, 0.2) is 0 Å². The number of alkyl halides is 1. The molecule has 6 heteroatoms. The van der Waals surface area contributed by atoms with Gasteiger partial charge in [-0.25, -0.2) is 4.39 Å². The van der Waals surface area contributed by atoms with Crippen LogP contribution < -0.4 is 4.74 Å². The lowest BCUT2D eigenvalue weighted by Gasteiger charge is -2.14. The molecule has 0 spiro atoms. The number of thiophene rings is 1. The van der Waals surface area contributed by atoms with E-state index in [1.54, 1.807) is 17.4 Å². The fourth-order valence-electron chi connectivity index (χ4n) is 1.55. The van der Waals surface area contributed by atoms with Gasteiger partial charge in [0.2, 0.25) is 0 Å². The Morgan fingerprint density at radius 1 is 1.28 bits per heavy atom. The molecule has 0 fully saturated rings. The Hall–Kier alpha value is 0.0900. The van der Waals surface area contributed by atoms with E-state index in [9.17, 15) is 4.39 Å². The van der Waals surface area contributed by atoms with Gasteiger partial charge in [-0.2, -0.15) is 0 Å². The number of benzene rings is 1. The van der Waals surface area contributed by atoms with Crippen LogP contribution in [0.25, 0.3) is 0 Å². The zero-order valence-electron chi connectivity index (χ0n) is 9.22. The van der Waals surface area contributed by atoms with E-state index in [2.05, 4.69) is 47.8 Å². The minimum Gasteiger partial charge on any atom is -0.496 e. The molecule has 1 aromatic heterocycles. The van der Waals surface area contributed by atoms with Crippen LogP contribution in [0.15, 0.2) is 31.8 Å². The van der Waals surface area contributed by atoms with Crippen LogP contribution in [-0.2, 0) is 0 Å². The quantitative estimate of drug-likeness (QED) is 0.520. The number of halogens is 4. The highest BCUT2D eigenvalue weighted by Crippen LogP contribution is 2.41. The Morgan fingerprint density at radius 2 is 2.00 bits per heavy atom. The second kappa shape index (κ2) is 6.03. The topological polar surface area (TPSA) is 9.23 Å². The third kappa shape index (κ3) is 2.98. The summed E-state index contributed by atoms with van der Waals surface area (Å²) in [5, 5.41) is 2.04. The number of methoxy groups -OCH3 is 1. The van der Waals surface area contributed by atoms with Crippen LogP contribution in [0, 0.1) is 5.82 Å². The molecule has 1 atom stereocenters. The van der Waals surface area contributed by atoms with Crippen LogP contribution in [0.4, 0.5) is 4.39 Å². The summed E-state index contributed by atoms with van der Waals surface area (Å²) < 4.78 is 20.2. The van der Waals surface area contributed by atoms with Gasteiger partial charge in [0.05, 0.1) is 20.2 Å². The third-order valence-corrected chi connectivity index (χ3v) is 5.58. The molecule has 0 bridgehead atoms. The van der Waals surface area contributed by atoms with E-state index in [4.69, 9.17) is 4.74 Å². The second-order valence-corrected chi connectivity index (χ2v) is 7.62. The van der Waals surface area contributed by atoms with Crippen molar-refractivity contribution in [3.63, 3.8) is 0 Å². The van der Waals surface area contributed by atoms with Crippen molar-refractivity contribution in [2.75, 3.05) is 7.11 Å². The molecule has 1 aromatic carbocycles. The maximum Gasteiger partial charge on any atom is 0.141 e. The van der Waals surface area contributed by atoms with Crippen molar-refractivity contribution >= 4 is 59.1 Å². The molecule has 1 nitrogen and oxygen atoms in total. The minimum absolute atomic E-state index is 0.0353. The predicted octanol–water partition coefficient (Wildman–Crippen LogP) is 5.91. The summed E-state index contributed by atoms with van der Waals surface area (Å²) >= 11 is 11.9. The van der Waals surface area contributed by atoms with Gasteiger partial charge in [0.1, 0.15) is 11.6 Å². The van der Waals surface area contributed by atoms with Crippen molar-refractivity contribution in [1.82, 2.24) is 0 Å². The molecule has 0 saturated carbocycles. The maximum absolute atomic E-state index is 13.5. The summed E-state index contributed by atoms with van der Waals surface area (Å²) in [4.78, 5) is -0.0353. The lowest BCUT2D eigenvalue weighted by Crippen LogP contribution is -1.97. The van der Waals surface area contributed by atoms with E-state index in [0.29, 0.717) is 10.2 Å². The minimum atomic E-state index is -0.332. The van der Waals surface area contributed by atoms with E-state index in [1.807, 2.05) is 11.4 Å². The lowest BCUT2D eigenvalue weighted by molar-refractivity contribution is 0.406. The van der Waals surface area contributed by atoms with Crippen LogP contribution in [0.1, 0.15) is 16.0 Å². The highest BCUT2D eigenvalue weighted by atomic mass is 79.9. The molecule has 0 saturated heterocycles.